The van der Waals surface area contributed by atoms with Crippen molar-refractivity contribution in [2.24, 2.45) is 4.99 Å². The van der Waals surface area contributed by atoms with E-state index in [1.165, 1.54) is 16.7 Å². The number of amidine groups is 1. The molecule has 2 aromatic rings. The normalized spacial score (nSPS) is 18.0. The zero-order chi connectivity index (χ0) is 19.4. The molecule has 6 nitrogen and oxygen atoms in total. The second kappa shape index (κ2) is 8.45. The van der Waals surface area contributed by atoms with Gasteiger partial charge in [0, 0.05) is 13.5 Å². The van der Waals surface area contributed by atoms with Crippen LogP contribution in [-0.2, 0) is 9.59 Å². The van der Waals surface area contributed by atoms with Crippen LogP contribution in [0.1, 0.15) is 6.42 Å². The number of rotatable bonds is 5. The van der Waals surface area contributed by atoms with Crippen LogP contribution in [-0.4, -0.2) is 41.3 Å². The third-order valence-corrected chi connectivity index (χ3v) is 5.52. The first-order valence-corrected chi connectivity index (χ1v) is 9.45. The molecule has 1 aliphatic heterocycles. The van der Waals surface area contributed by atoms with E-state index in [0.29, 0.717) is 27.3 Å². The topological polar surface area (TPSA) is 71.0 Å². The molecule has 3 rings (SSSR count). The van der Waals surface area contributed by atoms with Gasteiger partial charge in [-0.05, 0) is 24.3 Å². The van der Waals surface area contributed by atoms with Crippen LogP contribution in [0.25, 0.3) is 0 Å². The summed E-state index contributed by atoms with van der Waals surface area (Å²) in [6.07, 6.45) is 0.0318. The Bertz CT molecular complexity index is 903. The standard InChI is InChI=1S/C19H18ClN3O3S/c1-23-18(25)16(11-17(24)21-13-8-4-3-7-12(13)20)27-19(23)22-14-9-5-6-10-15(14)26-2/h3-10,16H,11H2,1-2H3,(H,21,24)/t16-/m1/s1. The molecule has 27 heavy (non-hydrogen) atoms. The number of ether oxygens (including phenoxy) is 1. The summed E-state index contributed by atoms with van der Waals surface area (Å²) in [5.74, 6) is 0.176. The minimum atomic E-state index is -0.536. The predicted octanol–water partition coefficient (Wildman–Crippen LogP) is 3.94. The second-order valence-electron chi connectivity index (χ2n) is 5.80. The smallest absolute Gasteiger partial charge is 0.242 e. The molecule has 8 heteroatoms. The maximum absolute atomic E-state index is 12.5. The lowest BCUT2D eigenvalue weighted by atomic mass is 10.2. The summed E-state index contributed by atoms with van der Waals surface area (Å²) in [5.41, 5.74) is 1.15. The lowest BCUT2D eigenvalue weighted by Crippen LogP contribution is -2.30. The SMILES string of the molecule is COc1ccccc1N=C1S[C@H](CC(=O)Nc2ccccc2Cl)C(=O)N1C. The Morgan fingerprint density at radius 2 is 1.96 bits per heavy atom. The number of nitrogens with zero attached hydrogens (tertiary/aromatic N) is 2. The number of methoxy groups -OCH3 is 1. The van der Waals surface area contributed by atoms with Crippen molar-refractivity contribution in [1.29, 1.82) is 0 Å². The lowest BCUT2D eigenvalue weighted by molar-refractivity contribution is -0.127. The molecule has 0 spiro atoms. The Morgan fingerprint density at radius 3 is 2.70 bits per heavy atom. The number of benzene rings is 2. The van der Waals surface area contributed by atoms with E-state index in [1.807, 2.05) is 18.2 Å². The highest BCUT2D eigenvalue weighted by Crippen LogP contribution is 2.34. The Kier molecular flexibility index (Phi) is 6.03. The van der Waals surface area contributed by atoms with Crippen molar-refractivity contribution in [3.8, 4) is 5.75 Å². The molecule has 0 saturated carbocycles. The summed E-state index contributed by atoms with van der Waals surface area (Å²) >= 11 is 7.31. The van der Waals surface area contributed by atoms with E-state index in [-0.39, 0.29) is 18.2 Å². The fourth-order valence-corrected chi connectivity index (χ4v) is 3.88. The molecule has 0 radical (unpaired) electrons. The zero-order valence-corrected chi connectivity index (χ0v) is 16.4. The fraction of sp³-hybridized carbons (Fsp3) is 0.211. The van der Waals surface area contributed by atoms with Gasteiger partial charge in [0.1, 0.15) is 16.7 Å². The van der Waals surface area contributed by atoms with Crippen LogP contribution in [0.4, 0.5) is 11.4 Å². The highest BCUT2D eigenvalue weighted by molar-refractivity contribution is 8.15. The number of para-hydroxylation sites is 3. The van der Waals surface area contributed by atoms with E-state index in [2.05, 4.69) is 10.3 Å². The van der Waals surface area contributed by atoms with Gasteiger partial charge in [-0.25, -0.2) is 4.99 Å². The molecule has 0 bridgehead atoms. The Balaban J connectivity index is 1.71. The van der Waals surface area contributed by atoms with Crippen molar-refractivity contribution < 1.29 is 14.3 Å². The van der Waals surface area contributed by atoms with Crippen LogP contribution < -0.4 is 10.1 Å². The van der Waals surface area contributed by atoms with E-state index < -0.39 is 5.25 Å². The van der Waals surface area contributed by atoms with Crippen molar-refractivity contribution in [3.63, 3.8) is 0 Å². The molecule has 140 valence electrons. The van der Waals surface area contributed by atoms with Crippen molar-refractivity contribution in [2.45, 2.75) is 11.7 Å². The monoisotopic (exact) mass is 403 g/mol. The number of carbonyl (C=O) groups excluding carboxylic acids is 2. The number of anilines is 1. The van der Waals surface area contributed by atoms with Crippen LogP contribution in [0.5, 0.6) is 5.75 Å². The van der Waals surface area contributed by atoms with Gasteiger partial charge in [0.2, 0.25) is 11.8 Å². The Hall–Kier alpha value is -2.51. The minimum absolute atomic E-state index is 0.0318. The minimum Gasteiger partial charge on any atom is -0.494 e. The number of halogens is 1. The number of hydrogen-bond acceptors (Lipinski definition) is 5. The molecule has 1 saturated heterocycles. The Morgan fingerprint density at radius 1 is 1.26 bits per heavy atom. The molecular formula is C19H18ClN3O3S. The van der Waals surface area contributed by atoms with Crippen molar-refractivity contribution >= 4 is 51.7 Å². The molecule has 1 aliphatic rings. The van der Waals surface area contributed by atoms with E-state index in [1.54, 1.807) is 44.5 Å². The van der Waals surface area contributed by atoms with Crippen LogP contribution in [0.3, 0.4) is 0 Å². The summed E-state index contributed by atoms with van der Waals surface area (Å²) in [6, 6.07) is 14.3. The Labute approximate surface area is 166 Å². The number of nitrogens with one attached hydrogen (secondary N) is 1. The second-order valence-corrected chi connectivity index (χ2v) is 7.38. The van der Waals surface area contributed by atoms with Crippen LogP contribution in [0, 0.1) is 0 Å². The average molecular weight is 404 g/mol. The first kappa shape index (κ1) is 19.3. The summed E-state index contributed by atoms with van der Waals surface area (Å²) in [4.78, 5) is 30.8. The average Bonchev–Trinajstić information content (AvgIpc) is 2.92. The number of aliphatic imine (C=N–C) groups is 1. The quantitative estimate of drug-likeness (QED) is 0.820. The van der Waals surface area contributed by atoms with Crippen molar-refractivity contribution in [3.05, 3.63) is 53.6 Å². The van der Waals surface area contributed by atoms with Crippen molar-refractivity contribution in [2.75, 3.05) is 19.5 Å². The molecule has 1 N–H and O–H groups in total. The third kappa shape index (κ3) is 4.43. The van der Waals surface area contributed by atoms with Crippen LogP contribution in [0.15, 0.2) is 53.5 Å². The molecule has 1 atom stereocenters. The van der Waals surface area contributed by atoms with Gasteiger partial charge in [-0.1, -0.05) is 47.6 Å². The summed E-state index contributed by atoms with van der Waals surface area (Å²) in [6.45, 7) is 0. The molecule has 0 aromatic heterocycles. The first-order valence-electron chi connectivity index (χ1n) is 8.20. The molecule has 0 unspecified atom stereocenters. The van der Waals surface area contributed by atoms with Gasteiger partial charge < -0.3 is 10.1 Å². The van der Waals surface area contributed by atoms with Gasteiger partial charge in [0.05, 0.1) is 17.8 Å². The number of carbonyl (C=O) groups is 2. The number of amides is 2. The van der Waals surface area contributed by atoms with Gasteiger partial charge in [-0.15, -0.1) is 0 Å². The molecular weight excluding hydrogens is 386 g/mol. The largest absolute Gasteiger partial charge is 0.494 e. The third-order valence-electron chi connectivity index (χ3n) is 3.96. The summed E-state index contributed by atoms with van der Waals surface area (Å²) < 4.78 is 5.29. The maximum Gasteiger partial charge on any atom is 0.242 e. The van der Waals surface area contributed by atoms with E-state index >= 15 is 0 Å². The van der Waals surface area contributed by atoms with Gasteiger partial charge in [-0.2, -0.15) is 0 Å². The highest BCUT2D eigenvalue weighted by atomic mass is 35.5. The first-order chi connectivity index (χ1) is 13.0. The van der Waals surface area contributed by atoms with Crippen molar-refractivity contribution in [1.82, 2.24) is 4.90 Å². The fourth-order valence-electron chi connectivity index (χ4n) is 2.55. The molecule has 2 amide bonds. The van der Waals surface area contributed by atoms with E-state index in [0.717, 1.165) is 0 Å². The lowest BCUT2D eigenvalue weighted by Gasteiger charge is -2.10. The van der Waals surface area contributed by atoms with E-state index in [4.69, 9.17) is 16.3 Å². The number of hydrogen-bond donors (Lipinski definition) is 1. The molecule has 1 fully saturated rings. The summed E-state index contributed by atoms with van der Waals surface area (Å²) in [7, 11) is 3.22. The maximum atomic E-state index is 12.5. The van der Waals surface area contributed by atoms with Gasteiger partial charge in [0.15, 0.2) is 5.17 Å². The van der Waals surface area contributed by atoms with Gasteiger partial charge in [0.25, 0.3) is 0 Å². The molecule has 1 heterocycles. The highest BCUT2D eigenvalue weighted by Gasteiger charge is 2.37. The zero-order valence-electron chi connectivity index (χ0n) is 14.8. The number of thioether (sulfide) groups is 1. The van der Waals surface area contributed by atoms with Crippen LogP contribution >= 0.6 is 23.4 Å². The van der Waals surface area contributed by atoms with Gasteiger partial charge in [-0.3, -0.25) is 14.5 Å². The van der Waals surface area contributed by atoms with Gasteiger partial charge >= 0.3 is 0 Å². The molecule has 0 aliphatic carbocycles. The van der Waals surface area contributed by atoms with E-state index in [9.17, 15) is 9.59 Å². The predicted molar refractivity (Wildman–Crippen MR) is 109 cm³/mol. The molecule has 2 aromatic carbocycles. The van der Waals surface area contributed by atoms with Crippen LogP contribution in [0.2, 0.25) is 5.02 Å². The summed E-state index contributed by atoms with van der Waals surface area (Å²) in [5, 5.41) is 3.18.